The molecule has 0 spiro atoms. The minimum Gasteiger partial charge on any atom is -0.496 e. The summed E-state index contributed by atoms with van der Waals surface area (Å²) in [7, 11) is -0.433. The van der Waals surface area contributed by atoms with Crippen LogP contribution < -0.4 is 4.74 Å². The standard InChI is InChI=1S/C14H21NO5S/c1-19-10-11-5-6-15(8-11)21(17,18)13-3-4-14(20-2)12(7-13)9-16/h3-4,7,11,16H,5-6,8-10H2,1-2H3. The first-order chi connectivity index (χ1) is 10.0. The second-order valence-corrected chi connectivity index (χ2v) is 7.04. The van der Waals surface area contributed by atoms with Gasteiger partial charge < -0.3 is 14.6 Å². The average Bonchev–Trinajstić information content (AvgIpc) is 2.96. The molecule has 0 bridgehead atoms. The van der Waals surface area contributed by atoms with Crippen LogP contribution in [0.1, 0.15) is 12.0 Å². The van der Waals surface area contributed by atoms with Crippen LogP contribution in [0.25, 0.3) is 0 Å². The molecular weight excluding hydrogens is 294 g/mol. The molecule has 6 nitrogen and oxygen atoms in total. The Hall–Kier alpha value is -1.15. The maximum absolute atomic E-state index is 12.6. The van der Waals surface area contributed by atoms with Gasteiger partial charge in [-0.05, 0) is 30.5 Å². The van der Waals surface area contributed by atoms with E-state index in [1.807, 2.05) is 0 Å². The van der Waals surface area contributed by atoms with E-state index in [1.165, 1.54) is 23.5 Å². The average molecular weight is 315 g/mol. The maximum Gasteiger partial charge on any atom is 0.243 e. The number of rotatable bonds is 6. The molecule has 0 aromatic heterocycles. The Balaban J connectivity index is 2.24. The Morgan fingerprint density at radius 3 is 2.76 bits per heavy atom. The molecule has 1 N–H and O–H groups in total. The van der Waals surface area contributed by atoms with Gasteiger partial charge in [0.15, 0.2) is 0 Å². The van der Waals surface area contributed by atoms with Crippen molar-refractivity contribution in [1.82, 2.24) is 4.31 Å². The number of aliphatic hydroxyl groups excluding tert-OH is 1. The van der Waals surface area contributed by atoms with Crippen LogP contribution in [0, 0.1) is 5.92 Å². The van der Waals surface area contributed by atoms with Crippen molar-refractivity contribution in [2.45, 2.75) is 17.9 Å². The van der Waals surface area contributed by atoms with Crippen LogP contribution in [0.15, 0.2) is 23.1 Å². The lowest BCUT2D eigenvalue weighted by Crippen LogP contribution is -2.29. The number of sulfonamides is 1. The van der Waals surface area contributed by atoms with E-state index in [2.05, 4.69) is 0 Å². The fraction of sp³-hybridized carbons (Fsp3) is 0.571. The highest BCUT2D eigenvalue weighted by atomic mass is 32.2. The van der Waals surface area contributed by atoms with Gasteiger partial charge in [-0.2, -0.15) is 4.31 Å². The van der Waals surface area contributed by atoms with Crippen LogP contribution >= 0.6 is 0 Å². The number of nitrogens with zero attached hydrogens (tertiary/aromatic N) is 1. The fourth-order valence-electron chi connectivity index (χ4n) is 2.58. The summed E-state index contributed by atoms with van der Waals surface area (Å²) in [5, 5.41) is 9.31. The van der Waals surface area contributed by atoms with Crippen molar-refractivity contribution in [2.24, 2.45) is 5.92 Å². The van der Waals surface area contributed by atoms with Crippen molar-refractivity contribution in [3.05, 3.63) is 23.8 Å². The number of hydrogen-bond acceptors (Lipinski definition) is 5. The summed E-state index contributed by atoms with van der Waals surface area (Å²) in [6, 6.07) is 4.55. The third-order valence-electron chi connectivity index (χ3n) is 3.71. The molecule has 1 aromatic rings. The third-order valence-corrected chi connectivity index (χ3v) is 5.57. The monoisotopic (exact) mass is 315 g/mol. The van der Waals surface area contributed by atoms with Gasteiger partial charge in [0.05, 0.1) is 25.2 Å². The Morgan fingerprint density at radius 1 is 1.38 bits per heavy atom. The van der Waals surface area contributed by atoms with E-state index in [9.17, 15) is 13.5 Å². The minimum atomic E-state index is -3.54. The molecule has 0 radical (unpaired) electrons. The zero-order valence-electron chi connectivity index (χ0n) is 12.3. The summed E-state index contributed by atoms with van der Waals surface area (Å²) in [4.78, 5) is 0.186. The first-order valence-corrected chi connectivity index (χ1v) is 8.23. The normalized spacial score (nSPS) is 19.9. The molecule has 1 fully saturated rings. The Labute approximate surface area is 125 Å². The van der Waals surface area contributed by atoms with Crippen LogP contribution in [-0.2, 0) is 21.4 Å². The Kier molecular flexibility index (Phi) is 5.21. The zero-order valence-corrected chi connectivity index (χ0v) is 13.1. The minimum absolute atomic E-state index is 0.186. The molecule has 1 unspecified atom stereocenters. The third kappa shape index (κ3) is 3.37. The van der Waals surface area contributed by atoms with Crippen LogP contribution in [0.2, 0.25) is 0 Å². The summed E-state index contributed by atoms with van der Waals surface area (Å²) >= 11 is 0. The van der Waals surface area contributed by atoms with Gasteiger partial charge in [-0.1, -0.05) is 0 Å². The predicted molar refractivity (Wildman–Crippen MR) is 77.7 cm³/mol. The second kappa shape index (κ2) is 6.74. The van der Waals surface area contributed by atoms with E-state index in [4.69, 9.17) is 9.47 Å². The zero-order chi connectivity index (χ0) is 15.5. The maximum atomic E-state index is 12.6. The van der Waals surface area contributed by atoms with Crippen LogP contribution in [0.5, 0.6) is 5.75 Å². The van der Waals surface area contributed by atoms with Crippen molar-refractivity contribution in [2.75, 3.05) is 33.9 Å². The summed E-state index contributed by atoms with van der Waals surface area (Å²) in [5.41, 5.74) is 0.464. The molecule has 1 saturated heterocycles. The molecular formula is C14H21NO5S. The smallest absolute Gasteiger partial charge is 0.243 e. The van der Waals surface area contributed by atoms with Gasteiger partial charge in [0.25, 0.3) is 0 Å². The fourth-order valence-corrected chi connectivity index (χ4v) is 4.16. The number of methoxy groups -OCH3 is 2. The lowest BCUT2D eigenvalue weighted by atomic mass is 10.1. The van der Waals surface area contributed by atoms with E-state index < -0.39 is 10.0 Å². The summed E-state index contributed by atoms with van der Waals surface area (Å²) in [6.07, 6.45) is 0.802. The largest absolute Gasteiger partial charge is 0.496 e. The van der Waals surface area contributed by atoms with Gasteiger partial charge in [-0.25, -0.2) is 8.42 Å². The molecule has 0 saturated carbocycles. The lowest BCUT2D eigenvalue weighted by molar-refractivity contribution is 0.157. The van der Waals surface area contributed by atoms with Crippen LogP contribution in [0.3, 0.4) is 0 Å². The molecule has 1 aliphatic rings. The van der Waals surface area contributed by atoms with E-state index in [1.54, 1.807) is 13.2 Å². The van der Waals surface area contributed by atoms with Crippen LogP contribution in [-0.4, -0.2) is 51.7 Å². The topological polar surface area (TPSA) is 76.1 Å². The van der Waals surface area contributed by atoms with Crippen molar-refractivity contribution >= 4 is 10.0 Å². The molecule has 7 heteroatoms. The molecule has 1 heterocycles. The van der Waals surface area contributed by atoms with Crippen molar-refractivity contribution in [1.29, 1.82) is 0 Å². The molecule has 1 aliphatic heterocycles. The number of hydrogen-bond donors (Lipinski definition) is 1. The summed E-state index contributed by atoms with van der Waals surface area (Å²) in [5.74, 6) is 0.718. The van der Waals surface area contributed by atoms with Gasteiger partial charge in [-0.15, -0.1) is 0 Å². The Morgan fingerprint density at radius 2 is 2.14 bits per heavy atom. The quantitative estimate of drug-likeness (QED) is 0.842. The van der Waals surface area contributed by atoms with E-state index in [-0.39, 0.29) is 17.4 Å². The number of ether oxygens (including phenoxy) is 2. The van der Waals surface area contributed by atoms with Crippen molar-refractivity contribution in [3.63, 3.8) is 0 Å². The summed E-state index contributed by atoms with van der Waals surface area (Å²) in [6.45, 7) is 1.27. The van der Waals surface area contributed by atoms with E-state index >= 15 is 0 Å². The molecule has 2 rings (SSSR count). The van der Waals surface area contributed by atoms with Gasteiger partial charge in [0.2, 0.25) is 10.0 Å². The van der Waals surface area contributed by atoms with E-state index in [0.29, 0.717) is 31.0 Å². The predicted octanol–water partition coefficient (Wildman–Crippen LogP) is 0.844. The molecule has 0 amide bonds. The molecule has 1 atom stereocenters. The van der Waals surface area contributed by atoms with Gasteiger partial charge in [0, 0.05) is 25.8 Å². The first-order valence-electron chi connectivity index (χ1n) is 6.79. The van der Waals surface area contributed by atoms with Crippen molar-refractivity contribution in [3.8, 4) is 5.75 Å². The SMILES string of the molecule is COCC1CCN(S(=O)(=O)c2ccc(OC)c(CO)c2)C1. The van der Waals surface area contributed by atoms with E-state index in [0.717, 1.165) is 6.42 Å². The number of aliphatic hydroxyl groups is 1. The van der Waals surface area contributed by atoms with Gasteiger partial charge >= 0.3 is 0 Å². The summed E-state index contributed by atoms with van der Waals surface area (Å²) < 4.78 is 36.9. The van der Waals surface area contributed by atoms with Crippen LogP contribution in [0.4, 0.5) is 0 Å². The van der Waals surface area contributed by atoms with Crippen molar-refractivity contribution < 1.29 is 23.0 Å². The molecule has 21 heavy (non-hydrogen) atoms. The van der Waals surface area contributed by atoms with Gasteiger partial charge in [0.1, 0.15) is 5.75 Å². The highest BCUT2D eigenvalue weighted by Gasteiger charge is 2.32. The lowest BCUT2D eigenvalue weighted by Gasteiger charge is -2.17. The molecule has 1 aromatic carbocycles. The molecule has 118 valence electrons. The second-order valence-electron chi connectivity index (χ2n) is 5.10. The molecule has 0 aliphatic carbocycles. The first kappa shape index (κ1) is 16.2. The Bertz CT molecular complexity index is 587. The highest BCUT2D eigenvalue weighted by molar-refractivity contribution is 7.89. The van der Waals surface area contributed by atoms with Gasteiger partial charge in [-0.3, -0.25) is 0 Å². The highest BCUT2D eigenvalue weighted by Crippen LogP contribution is 2.28. The number of benzene rings is 1.